The predicted molar refractivity (Wildman–Crippen MR) is 152 cm³/mol. The Morgan fingerprint density at radius 2 is 1.87 bits per heavy atom. The lowest BCUT2D eigenvalue weighted by Crippen LogP contribution is -2.62. The molecule has 0 saturated heterocycles. The van der Waals surface area contributed by atoms with E-state index in [9.17, 15) is 15.0 Å². The Balaban J connectivity index is 1.17. The van der Waals surface area contributed by atoms with Gasteiger partial charge < -0.3 is 20.3 Å². The zero-order valence-corrected chi connectivity index (χ0v) is 24.6. The molecule has 4 saturated carbocycles. The van der Waals surface area contributed by atoms with Crippen LogP contribution in [0.4, 0.5) is 4.79 Å². The fourth-order valence-electron chi connectivity index (χ4n) is 10.4. The van der Waals surface area contributed by atoms with Crippen molar-refractivity contribution in [3.05, 3.63) is 35.9 Å². The number of alkyl carbamates (subject to hydrolysis) is 1. The van der Waals surface area contributed by atoms with Crippen LogP contribution in [0, 0.1) is 64.4 Å². The summed E-state index contributed by atoms with van der Waals surface area (Å²) in [4.78, 5) is 12.1. The zero-order valence-electron chi connectivity index (χ0n) is 24.6. The van der Waals surface area contributed by atoms with E-state index < -0.39 is 0 Å². The van der Waals surface area contributed by atoms with E-state index in [1.807, 2.05) is 12.1 Å². The molecule has 0 aliphatic heterocycles. The second-order valence-electron chi connectivity index (χ2n) is 14.1. The highest BCUT2D eigenvalue weighted by molar-refractivity contribution is 5.67. The predicted octanol–water partition coefficient (Wildman–Crippen LogP) is 6.56. The molecular weight excluding hydrogens is 486 g/mol. The lowest BCUT2D eigenvalue weighted by molar-refractivity contribution is -0.203. The van der Waals surface area contributed by atoms with Crippen molar-refractivity contribution in [2.75, 3.05) is 6.61 Å². The van der Waals surface area contributed by atoms with Crippen LogP contribution in [0.1, 0.15) is 97.5 Å². The van der Waals surface area contributed by atoms with E-state index in [0.717, 1.165) is 44.1 Å². The van der Waals surface area contributed by atoms with Crippen LogP contribution < -0.4 is 5.32 Å². The summed E-state index contributed by atoms with van der Waals surface area (Å²) in [6, 6.07) is 11.3. The molecule has 39 heavy (non-hydrogen) atoms. The molecule has 5 rings (SSSR count). The van der Waals surface area contributed by atoms with Crippen LogP contribution in [0.5, 0.6) is 0 Å². The second kappa shape index (κ2) is 11.6. The number of ether oxygens (including phenoxy) is 1. The highest BCUT2D eigenvalue weighted by atomic mass is 16.5. The average Bonchev–Trinajstić information content (AvgIpc) is 3.29. The molecule has 0 spiro atoms. The Labute approximate surface area is 236 Å². The van der Waals surface area contributed by atoms with Gasteiger partial charge in [0.1, 0.15) is 0 Å². The van der Waals surface area contributed by atoms with Crippen molar-refractivity contribution in [3.63, 3.8) is 0 Å². The Hall–Kier alpha value is -1.77. The van der Waals surface area contributed by atoms with Crippen molar-refractivity contribution in [1.82, 2.24) is 5.32 Å². The first-order valence-electron chi connectivity index (χ1n) is 15.8. The Morgan fingerprint density at radius 1 is 1.10 bits per heavy atom. The maximum absolute atomic E-state index is 12.1. The Bertz CT molecular complexity index is 969. The summed E-state index contributed by atoms with van der Waals surface area (Å²) >= 11 is 0. The third-order valence-electron chi connectivity index (χ3n) is 12.3. The van der Waals surface area contributed by atoms with E-state index in [0.29, 0.717) is 54.6 Å². The molecule has 5 heteroatoms. The summed E-state index contributed by atoms with van der Waals surface area (Å²) in [6.45, 7) is 10.6. The minimum Gasteiger partial charge on any atom is -0.450 e. The summed E-state index contributed by atoms with van der Waals surface area (Å²) in [5.74, 6) is 3.57. The van der Waals surface area contributed by atoms with Gasteiger partial charge >= 0.3 is 6.09 Å². The van der Waals surface area contributed by atoms with Gasteiger partial charge in [-0.05, 0) is 134 Å². The van der Waals surface area contributed by atoms with Crippen LogP contribution in [0.15, 0.2) is 18.2 Å². The number of rotatable bonds is 8. The van der Waals surface area contributed by atoms with Gasteiger partial charge in [-0.2, -0.15) is 0 Å². The Morgan fingerprint density at radius 3 is 2.62 bits per heavy atom. The third-order valence-corrected chi connectivity index (χ3v) is 12.3. The van der Waals surface area contributed by atoms with Gasteiger partial charge in [0.25, 0.3) is 0 Å². The molecular formula is C34H51NO4. The molecule has 4 aliphatic carbocycles. The summed E-state index contributed by atoms with van der Waals surface area (Å²) in [5, 5.41) is 25.2. The number of fused-ring (bicyclic) bond motifs is 5. The summed E-state index contributed by atoms with van der Waals surface area (Å²) in [6.07, 6.45) is 10.0. The zero-order chi connectivity index (χ0) is 27.8. The number of hydrogen-bond donors (Lipinski definition) is 3. The smallest absolute Gasteiger partial charge is 0.407 e. The van der Waals surface area contributed by atoms with Crippen molar-refractivity contribution < 1.29 is 19.7 Å². The second-order valence-corrected chi connectivity index (χ2v) is 14.1. The van der Waals surface area contributed by atoms with Crippen molar-refractivity contribution >= 4 is 6.09 Å². The first kappa shape index (κ1) is 28.7. The molecule has 3 N–H and O–H groups in total. The largest absolute Gasteiger partial charge is 0.450 e. The number of aliphatic hydroxyl groups excluding tert-OH is 2. The minimum atomic E-state index is -0.361. The number of amides is 1. The molecule has 1 aromatic carbocycles. The topological polar surface area (TPSA) is 78.8 Å². The number of hydrogen-bond acceptors (Lipinski definition) is 4. The van der Waals surface area contributed by atoms with Gasteiger partial charge in [0.2, 0.25) is 0 Å². The lowest BCUT2D eigenvalue weighted by atomic mass is 9.41. The standard InChI is InChI=1S/C34H51NO4/c1-5-25-29-20-24(36)15-17-34(29,4)28-16-18-33(3)26(13-14-27(33)30(28)31(25)37)22(2)10-9-19-39-32(38)35-21-23-11-7-6-8-12-23/h7,11-12,22,24-31,36-37H,5,9-10,13-21H2,1-4H3,(H,35,38)/t22-,24-,25-,26?,27?,28?,29+,30+,31-,33-,34-/m1/s1. The molecule has 1 amide bonds. The average molecular weight is 538 g/mol. The maximum Gasteiger partial charge on any atom is 0.407 e. The summed E-state index contributed by atoms with van der Waals surface area (Å²) in [5.41, 5.74) is 1.51. The van der Waals surface area contributed by atoms with Crippen LogP contribution in [0.2, 0.25) is 0 Å². The molecule has 0 bridgehead atoms. The van der Waals surface area contributed by atoms with Crippen molar-refractivity contribution in [3.8, 4) is 0 Å². The number of carbonyl (C=O) groups excluding carboxylic acids is 1. The van der Waals surface area contributed by atoms with Crippen LogP contribution in [-0.4, -0.2) is 35.1 Å². The molecule has 4 fully saturated rings. The van der Waals surface area contributed by atoms with Crippen molar-refractivity contribution in [1.29, 1.82) is 0 Å². The number of aliphatic hydroxyl groups is 2. The number of carbonyl (C=O) groups is 1. The molecule has 0 heterocycles. The van der Waals surface area contributed by atoms with Gasteiger partial charge in [-0.3, -0.25) is 0 Å². The fraction of sp³-hybridized carbons (Fsp3) is 0.794. The lowest BCUT2D eigenvalue weighted by Gasteiger charge is -2.64. The summed E-state index contributed by atoms with van der Waals surface area (Å²) in [7, 11) is 0. The number of nitrogens with one attached hydrogen (secondary N) is 1. The van der Waals surface area contributed by atoms with E-state index in [4.69, 9.17) is 4.74 Å². The highest BCUT2D eigenvalue weighted by Gasteiger charge is 2.64. The molecule has 216 valence electrons. The van der Waals surface area contributed by atoms with Crippen molar-refractivity contribution in [2.45, 2.75) is 111 Å². The molecule has 11 atom stereocenters. The van der Waals surface area contributed by atoms with Gasteiger partial charge in [-0.15, -0.1) is 0 Å². The monoisotopic (exact) mass is 537 g/mol. The minimum absolute atomic E-state index is 0.192. The van der Waals surface area contributed by atoms with Gasteiger partial charge in [0.15, 0.2) is 0 Å². The van der Waals surface area contributed by atoms with E-state index in [-0.39, 0.29) is 29.1 Å². The first-order valence-corrected chi connectivity index (χ1v) is 15.8. The molecule has 5 nitrogen and oxygen atoms in total. The van der Waals surface area contributed by atoms with Gasteiger partial charge in [-0.1, -0.05) is 46.2 Å². The molecule has 1 aromatic rings. The maximum atomic E-state index is 12.1. The van der Waals surface area contributed by atoms with Crippen molar-refractivity contribution in [2.24, 2.45) is 52.3 Å². The van der Waals surface area contributed by atoms with E-state index >= 15 is 0 Å². The third kappa shape index (κ3) is 5.33. The summed E-state index contributed by atoms with van der Waals surface area (Å²) < 4.78 is 5.47. The van der Waals surface area contributed by atoms with E-state index in [1.54, 1.807) is 6.07 Å². The van der Waals surface area contributed by atoms with E-state index in [1.165, 1.54) is 25.7 Å². The molecule has 0 radical (unpaired) electrons. The van der Waals surface area contributed by atoms with Crippen LogP contribution in [-0.2, 0) is 11.3 Å². The van der Waals surface area contributed by atoms with E-state index in [2.05, 4.69) is 45.1 Å². The van der Waals surface area contributed by atoms with Crippen LogP contribution in [0.3, 0.4) is 0 Å². The highest BCUT2D eigenvalue weighted by Crippen LogP contribution is 2.69. The SMILES string of the molecule is CC[C@H]1[C@@H](O)[C@H]2C3CCC([C@H](C)CCCOC(=O)NCc4cc#ccc4)[C@@]3(C)CCC2[C@@]2(C)CC[C@@H](O)C[C@@H]12. The normalized spacial score (nSPS) is 41.9. The van der Waals surface area contributed by atoms with Crippen LogP contribution in [0.25, 0.3) is 0 Å². The molecule has 0 aromatic heterocycles. The van der Waals surface area contributed by atoms with Gasteiger partial charge in [0.05, 0.1) is 18.8 Å². The quantitative estimate of drug-likeness (QED) is 0.328. The molecule has 4 aliphatic rings. The molecule has 3 unspecified atom stereocenters. The fourth-order valence-corrected chi connectivity index (χ4v) is 10.4. The van der Waals surface area contributed by atoms with Crippen LogP contribution >= 0.6 is 0 Å². The van der Waals surface area contributed by atoms with Gasteiger partial charge in [-0.25, -0.2) is 4.79 Å². The first-order chi connectivity index (χ1) is 18.7. The van der Waals surface area contributed by atoms with Gasteiger partial charge in [0, 0.05) is 6.54 Å². The Kier molecular flexibility index (Phi) is 8.56.